The molecule has 6 heteroatoms. The zero-order valence-electron chi connectivity index (χ0n) is 21.6. The molecule has 190 valence electrons. The number of hydrogen-bond donors (Lipinski definition) is 1. The van der Waals surface area contributed by atoms with E-state index in [2.05, 4.69) is 32.1 Å². The van der Waals surface area contributed by atoms with Crippen LogP contribution in [0.5, 0.6) is 0 Å². The summed E-state index contributed by atoms with van der Waals surface area (Å²) in [6.07, 6.45) is 8.69. The first-order chi connectivity index (χ1) is 15.9. The van der Waals surface area contributed by atoms with Crippen LogP contribution in [0.1, 0.15) is 86.5 Å². The maximum Gasteiger partial charge on any atom is 0.312 e. The summed E-state index contributed by atoms with van der Waals surface area (Å²) in [4.78, 5) is 38.8. The van der Waals surface area contributed by atoms with Crippen molar-refractivity contribution in [2.75, 3.05) is 0 Å². The van der Waals surface area contributed by atoms with Gasteiger partial charge >= 0.3 is 11.9 Å². The van der Waals surface area contributed by atoms with Gasteiger partial charge in [-0.1, -0.05) is 45.9 Å². The number of rotatable bonds is 8. The number of hydrogen-bond acceptors (Lipinski definition) is 6. The summed E-state index contributed by atoms with van der Waals surface area (Å²) >= 11 is 0. The van der Waals surface area contributed by atoms with Gasteiger partial charge in [0.1, 0.15) is 6.10 Å². The number of ether oxygens (including phenoxy) is 2. The molecule has 0 spiro atoms. The molecule has 3 aliphatic rings. The van der Waals surface area contributed by atoms with Gasteiger partial charge in [-0.25, -0.2) is 0 Å². The van der Waals surface area contributed by atoms with Crippen molar-refractivity contribution in [3.63, 3.8) is 0 Å². The predicted octanol–water partition coefficient (Wildman–Crippen LogP) is 4.93. The fraction of sp³-hybridized carbons (Fsp3) is 0.750. The minimum absolute atomic E-state index is 0.0257. The lowest BCUT2D eigenvalue weighted by atomic mass is 9.58. The van der Waals surface area contributed by atoms with Gasteiger partial charge in [-0.15, -0.1) is 0 Å². The van der Waals surface area contributed by atoms with Crippen LogP contribution in [0.15, 0.2) is 23.8 Å². The molecule has 0 bridgehead atoms. The standard InChI is InChI=1S/C28H42O6/c1-7-23(30)28(34-26(32)27(5,6)8-2)16-17(3)13-19-10-9-18(4)22(25(19)28)12-11-21-14-20(29)15-24(31)33-21/h9-10,13,17-18,20-22,25,29H,7-8,11-12,14-16H2,1-6H3/t17-,18?,20+,21?,22-,25-,28+/m0/s1. The number of esters is 2. The zero-order chi connectivity index (χ0) is 25.3. The molecule has 0 radical (unpaired) electrons. The van der Waals surface area contributed by atoms with Crippen molar-refractivity contribution in [2.45, 2.75) is 104 Å². The smallest absolute Gasteiger partial charge is 0.312 e. The maximum absolute atomic E-state index is 13.7. The van der Waals surface area contributed by atoms with Crippen molar-refractivity contribution < 1.29 is 29.0 Å². The molecular formula is C28H42O6. The van der Waals surface area contributed by atoms with E-state index in [0.29, 0.717) is 38.5 Å². The SMILES string of the molecule is CCC(=O)[C@]1(OC(=O)C(C)(C)CC)C[C@@H](C)C=C2C=CC(C)[C@H](CCC3C[C@@H](O)CC(=O)O3)[C@H]21. The normalized spacial score (nSPS) is 35.7. The first-order valence-corrected chi connectivity index (χ1v) is 13.0. The Balaban J connectivity index is 1.97. The molecule has 0 amide bonds. The van der Waals surface area contributed by atoms with Gasteiger partial charge in [0.25, 0.3) is 0 Å². The Morgan fingerprint density at radius 3 is 2.56 bits per heavy atom. The van der Waals surface area contributed by atoms with Crippen molar-refractivity contribution in [1.29, 1.82) is 0 Å². The minimum Gasteiger partial charge on any atom is -0.462 e. The van der Waals surface area contributed by atoms with E-state index >= 15 is 0 Å². The van der Waals surface area contributed by atoms with Crippen molar-refractivity contribution in [3.8, 4) is 0 Å². The summed E-state index contributed by atoms with van der Waals surface area (Å²) < 4.78 is 11.8. The molecular weight excluding hydrogens is 432 g/mol. The van der Waals surface area contributed by atoms with E-state index in [4.69, 9.17) is 9.47 Å². The molecule has 2 unspecified atom stereocenters. The molecule has 2 aliphatic carbocycles. The molecule has 0 aromatic carbocycles. The summed E-state index contributed by atoms with van der Waals surface area (Å²) in [6, 6.07) is 0. The van der Waals surface area contributed by atoms with Gasteiger partial charge in [-0.3, -0.25) is 14.4 Å². The summed E-state index contributed by atoms with van der Waals surface area (Å²) in [5.41, 5.74) is -0.816. The van der Waals surface area contributed by atoms with Crippen LogP contribution in [0, 0.1) is 29.1 Å². The van der Waals surface area contributed by atoms with Crippen LogP contribution in [0.3, 0.4) is 0 Å². The number of Topliss-reactive ketones (excluding diaryl/α,β-unsaturated/α-hetero) is 1. The number of carbonyl (C=O) groups is 3. The molecule has 1 fully saturated rings. The lowest BCUT2D eigenvalue weighted by Gasteiger charge is -2.50. The molecule has 1 heterocycles. The van der Waals surface area contributed by atoms with E-state index < -0.39 is 17.1 Å². The molecule has 1 saturated heterocycles. The Bertz CT molecular complexity index is 855. The van der Waals surface area contributed by atoms with Crippen LogP contribution in [-0.2, 0) is 23.9 Å². The molecule has 1 N–H and O–H groups in total. The molecule has 6 nitrogen and oxygen atoms in total. The highest BCUT2D eigenvalue weighted by Gasteiger charge is 2.56. The molecule has 0 aromatic rings. The van der Waals surface area contributed by atoms with Gasteiger partial charge in [0.15, 0.2) is 11.4 Å². The van der Waals surface area contributed by atoms with Crippen LogP contribution in [0.2, 0.25) is 0 Å². The first kappa shape index (κ1) is 26.7. The van der Waals surface area contributed by atoms with E-state index in [1.54, 1.807) is 0 Å². The van der Waals surface area contributed by atoms with Crippen LogP contribution in [0.25, 0.3) is 0 Å². The highest BCUT2D eigenvalue weighted by Crippen LogP contribution is 2.51. The average molecular weight is 475 g/mol. The quantitative estimate of drug-likeness (QED) is 0.502. The lowest BCUT2D eigenvalue weighted by Crippen LogP contribution is -2.57. The van der Waals surface area contributed by atoms with E-state index in [1.165, 1.54) is 0 Å². The van der Waals surface area contributed by atoms with Crippen molar-refractivity contribution >= 4 is 17.7 Å². The number of aliphatic hydroxyl groups is 1. The third-order valence-corrected chi connectivity index (χ3v) is 8.22. The summed E-state index contributed by atoms with van der Waals surface area (Å²) in [6.45, 7) is 11.7. The third kappa shape index (κ3) is 5.32. The van der Waals surface area contributed by atoms with Gasteiger partial charge in [-0.2, -0.15) is 0 Å². The fourth-order valence-electron chi connectivity index (χ4n) is 5.87. The molecule has 1 aliphatic heterocycles. The Hall–Kier alpha value is -1.95. The van der Waals surface area contributed by atoms with Crippen LogP contribution < -0.4 is 0 Å². The van der Waals surface area contributed by atoms with Gasteiger partial charge in [-0.05, 0) is 56.4 Å². The van der Waals surface area contributed by atoms with Crippen LogP contribution in [-0.4, -0.2) is 40.6 Å². The minimum atomic E-state index is -1.20. The number of carbonyl (C=O) groups excluding carboxylic acids is 3. The van der Waals surface area contributed by atoms with E-state index in [0.717, 1.165) is 5.57 Å². The Morgan fingerprint density at radius 2 is 1.94 bits per heavy atom. The van der Waals surface area contributed by atoms with Gasteiger partial charge < -0.3 is 14.6 Å². The van der Waals surface area contributed by atoms with E-state index in [1.807, 2.05) is 27.7 Å². The van der Waals surface area contributed by atoms with Crippen molar-refractivity contribution in [1.82, 2.24) is 0 Å². The summed E-state index contributed by atoms with van der Waals surface area (Å²) in [5, 5.41) is 10.0. The molecule has 3 rings (SSSR count). The van der Waals surface area contributed by atoms with Crippen LogP contribution in [0.4, 0.5) is 0 Å². The molecule has 34 heavy (non-hydrogen) atoms. The van der Waals surface area contributed by atoms with E-state index in [9.17, 15) is 19.5 Å². The highest BCUT2D eigenvalue weighted by atomic mass is 16.6. The third-order valence-electron chi connectivity index (χ3n) is 8.22. The molecule has 7 atom stereocenters. The zero-order valence-corrected chi connectivity index (χ0v) is 21.6. The summed E-state index contributed by atoms with van der Waals surface area (Å²) in [7, 11) is 0. The van der Waals surface area contributed by atoms with Crippen LogP contribution >= 0.6 is 0 Å². The monoisotopic (exact) mass is 474 g/mol. The number of aliphatic hydroxyl groups excluding tert-OH is 1. The van der Waals surface area contributed by atoms with Crippen molar-refractivity contribution in [2.24, 2.45) is 29.1 Å². The van der Waals surface area contributed by atoms with Gasteiger partial charge in [0.05, 0.1) is 17.9 Å². The number of cyclic esters (lactones) is 1. The van der Waals surface area contributed by atoms with E-state index in [-0.39, 0.29) is 53.9 Å². The van der Waals surface area contributed by atoms with Gasteiger partial charge in [0.2, 0.25) is 0 Å². The maximum atomic E-state index is 13.7. The number of ketones is 1. The summed E-state index contributed by atoms with van der Waals surface area (Å²) in [5.74, 6) is -0.628. The second-order valence-corrected chi connectivity index (χ2v) is 11.3. The average Bonchev–Trinajstić information content (AvgIpc) is 2.77. The lowest BCUT2D eigenvalue weighted by molar-refractivity contribution is -0.187. The Labute approximate surface area is 204 Å². The predicted molar refractivity (Wildman–Crippen MR) is 130 cm³/mol. The highest BCUT2D eigenvalue weighted by molar-refractivity contribution is 5.91. The molecule has 0 aromatic heterocycles. The van der Waals surface area contributed by atoms with Gasteiger partial charge in [0, 0.05) is 25.2 Å². The number of fused-ring (bicyclic) bond motifs is 1. The Kier molecular flexibility index (Phi) is 8.11. The molecule has 0 saturated carbocycles. The Morgan fingerprint density at radius 1 is 1.24 bits per heavy atom. The van der Waals surface area contributed by atoms with Crippen molar-refractivity contribution in [3.05, 3.63) is 23.8 Å². The largest absolute Gasteiger partial charge is 0.462 e. The first-order valence-electron chi connectivity index (χ1n) is 13.0. The second kappa shape index (κ2) is 10.3. The number of allylic oxidation sites excluding steroid dienone is 3. The topological polar surface area (TPSA) is 89.9 Å². The second-order valence-electron chi connectivity index (χ2n) is 11.3. The fourth-order valence-corrected chi connectivity index (χ4v) is 5.87.